The van der Waals surface area contributed by atoms with E-state index >= 15 is 0 Å². The van der Waals surface area contributed by atoms with Gasteiger partial charge >= 0.3 is 78.4 Å². The van der Waals surface area contributed by atoms with E-state index in [1.165, 1.54) is 16.4 Å². The average Bonchev–Trinajstić information content (AvgIpc) is 1.00. The number of hydrogen-bond acceptors (Lipinski definition) is 0. The van der Waals surface area contributed by atoms with Crippen molar-refractivity contribution in [2.24, 2.45) is 0 Å². The summed E-state index contributed by atoms with van der Waals surface area (Å²) in [5, 5.41) is 0. The Morgan fingerprint density at radius 3 is 1.20 bits per heavy atom. The molecule has 0 atom stereocenters. The molecule has 0 rings (SSSR count). The molecule has 0 amide bonds. The molecule has 0 unspecified atom stereocenters. The van der Waals surface area contributed by atoms with Gasteiger partial charge in [-0.1, -0.05) is 0 Å². The van der Waals surface area contributed by atoms with E-state index in [9.17, 15) is 3.56 Å². The molecule has 0 aliphatic rings. The minimum atomic E-state index is 0. The third kappa shape index (κ3) is 17.9. The average molecular weight is 401 g/mol. The van der Waals surface area contributed by atoms with Gasteiger partial charge in [0.25, 0.3) is 0 Å². The van der Waals surface area contributed by atoms with Crippen molar-refractivity contribution in [3.05, 3.63) is 0 Å². The number of halogens is 2. The minimum absolute atomic E-state index is 0. The van der Waals surface area contributed by atoms with E-state index in [4.69, 9.17) is 0 Å². The van der Waals surface area contributed by atoms with Gasteiger partial charge in [-0.25, -0.2) is 0 Å². The molecule has 0 nitrogen and oxygen atoms in total. The van der Waals surface area contributed by atoms with Crippen molar-refractivity contribution in [1.82, 2.24) is 0 Å². The summed E-state index contributed by atoms with van der Waals surface area (Å²) in [6.07, 6.45) is 0. The van der Waals surface area contributed by atoms with Crippen LogP contribution in [0.25, 0.3) is 0 Å². The van der Waals surface area contributed by atoms with Gasteiger partial charge in [-0.2, -0.15) is 3.56 Å². The van der Waals surface area contributed by atoms with Crippen LogP contribution in [0.5, 0.6) is 0 Å². The van der Waals surface area contributed by atoms with Gasteiger partial charge in [-0.05, 0) is 0 Å². The van der Waals surface area contributed by atoms with Crippen molar-refractivity contribution in [2.45, 2.75) is 0 Å². The molecule has 0 aliphatic heterocycles. The van der Waals surface area contributed by atoms with E-state index in [1.54, 1.807) is 0 Å². The zero-order valence-electron chi connectivity index (χ0n) is 1.33. The predicted molar refractivity (Wildman–Crippen MR) is 25.7 cm³/mol. The molecular weight excluding hydrogens is 398 g/mol. The Kier molecular flexibility index (Phi) is 111. The molecule has 0 saturated carbocycles. The molecule has 5 heteroatoms. The molecule has 23 valence electrons. The van der Waals surface area contributed by atoms with Gasteiger partial charge < -0.3 is 0 Å². The third-order valence-electron chi connectivity index (χ3n) is 0. The molecule has 0 N–H and O–H groups in total. The molecule has 0 spiro atoms. The first kappa shape index (κ1) is 22.9. The van der Waals surface area contributed by atoms with Gasteiger partial charge in [-0.15, -0.1) is 0 Å². The summed E-state index contributed by atoms with van der Waals surface area (Å²) in [6.45, 7) is 0. The molecule has 0 bridgehead atoms. The van der Waals surface area contributed by atoms with Gasteiger partial charge in [0.05, 0.1) is 0 Å². The fourth-order valence-electron chi connectivity index (χ4n) is 0. The van der Waals surface area contributed by atoms with Crippen LogP contribution in [-0.2, 0) is 0 Å². The monoisotopic (exact) mass is 401 g/mol. The molecule has 0 aromatic heterocycles. The Bertz CT molecular complexity index is 11.6. The van der Waals surface area contributed by atoms with Crippen molar-refractivity contribution in [1.29, 1.82) is 0 Å². The van der Waals surface area contributed by atoms with E-state index in [2.05, 4.69) is 0 Å². The maximum atomic E-state index is 9.31. The van der Waals surface area contributed by atoms with Crippen LogP contribution in [0.1, 0.15) is 0 Å². The van der Waals surface area contributed by atoms with E-state index in [0.29, 0.717) is 0 Å². The zero-order valence-corrected chi connectivity index (χ0v) is 6.55. The molecule has 0 saturated heterocycles. The SMILES string of the molecule is FBr.[BaH2].[La].[NaH]. The fraction of sp³-hybridized carbons (Fsp3) is 0. The normalized spacial score (nSPS) is 1.20. The topological polar surface area (TPSA) is 0 Å². The van der Waals surface area contributed by atoms with Crippen LogP contribution < -0.4 is 0 Å². The summed E-state index contributed by atoms with van der Waals surface area (Å²) >= 11 is 1.44. The second-order valence-electron chi connectivity index (χ2n) is 0. The predicted octanol–water partition coefficient (Wildman–Crippen LogP) is -0.299. The van der Waals surface area contributed by atoms with Gasteiger partial charge in [0.2, 0.25) is 0 Å². The van der Waals surface area contributed by atoms with Gasteiger partial charge in [0.1, 0.15) is 0 Å². The standard InChI is InChI=1S/Ba.BrF.La.Na.3H/c;1-2;;;;;. The van der Waals surface area contributed by atoms with Gasteiger partial charge in [0.15, 0.2) is 16.4 Å². The summed E-state index contributed by atoms with van der Waals surface area (Å²) in [5.74, 6) is 0. The number of rotatable bonds is 0. The number of hydrogen-bond donors (Lipinski definition) is 0. The van der Waals surface area contributed by atoms with Crippen LogP contribution in [-0.4, -0.2) is 78.4 Å². The van der Waals surface area contributed by atoms with Crippen LogP contribution in [0, 0.1) is 35.6 Å². The van der Waals surface area contributed by atoms with Crippen LogP contribution in [0.2, 0.25) is 0 Å². The van der Waals surface area contributed by atoms with Crippen LogP contribution in [0.15, 0.2) is 0 Å². The summed E-state index contributed by atoms with van der Waals surface area (Å²) in [6, 6.07) is 0. The Hall–Kier alpha value is 4.18. The van der Waals surface area contributed by atoms with Crippen LogP contribution in [0.4, 0.5) is 3.56 Å². The Balaban J connectivity index is -0.00000000167. The van der Waals surface area contributed by atoms with Crippen molar-refractivity contribution in [3.8, 4) is 0 Å². The first-order valence-electron chi connectivity index (χ1n) is 0.143. The zero-order chi connectivity index (χ0) is 2.00. The molecule has 0 aliphatic carbocycles. The van der Waals surface area contributed by atoms with E-state index in [1.807, 2.05) is 0 Å². The van der Waals surface area contributed by atoms with Gasteiger partial charge in [0, 0.05) is 35.6 Å². The molecule has 0 heterocycles. The molecular formula is H3BaBrFLaNa. The third-order valence-corrected chi connectivity index (χ3v) is 0. The molecule has 1 radical (unpaired) electrons. The van der Waals surface area contributed by atoms with Crippen molar-refractivity contribution >= 4 is 94.8 Å². The molecule has 5 heavy (non-hydrogen) atoms. The quantitative estimate of drug-likeness (QED) is 0.490. The molecule has 0 aromatic carbocycles. The van der Waals surface area contributed by atoms with E-state index in [0.717, 1.165) is 0 Å². The van der Waals surface area contributed by atoms with Crippen molar-refractivity contribution in [2.75, 3.05) is 0 Å². The summed E-state index contributed by atoms with van der Waals surface area (Å²) < 4.78 is 9.31. The second kappa shape index (κ2) is 24.1. The summed E-state index contributed by atoms with van der Waals surface area (Å²) in [7, 11) is 0. The van der Waals surface area contributed by atoms with E-state index in [-0.39, 0.29) is 114 Å². The second-order valence-corrected chi connectivity index (χ2v) is 0. The van der Waals surface area contributed by atoms with Gasteiger partial charge in [-0.3, -0.25) is 0 Å². The molecule has 0 fully saturated rings. The van der Waals surface area contributed by atoms with Crippen LogP contribution in [0.3, 0.4) is 0 Å². The first-order chi connectivity index (χ1) is 1.00. The Labute approximate surface area is 130 Å². The van der Waals surface area contributed by atoms with E-state index < -0.39 is 0 Å². The molecule has 0 aromatic rings. The summed E-state index contributed by atoms with van der Waals surface area (Å²) in [5.41, 5.74) is 0. The maximum absolute atomic E-state index is 9.31. The Morgan fingerprint density at radius 2 is 1.20 bits per heavy atom. The summed E-state index contributed by atoms with van der Waals surface area (Å²) in [4.78, 5) is 0. The first-order valence-corrected chi connectivity index (χ1v) is 0.742. The van der Waals surface area contributed by atoms with Crippen molar-refractivity contribution < 1.29 is 39.2 Å². The van der Waals surface area contributed by atoms with Crippen LogP contribution >= 0.6 is 16.4 Å². The fourth-order valence-corrected chi connectivity index (χ4v) is 0. The van der Waals surface area contributed by atoms with Crippen molar-refractivity contribution in [3.63, 3.8) is 0 Å². The Morgan fingerprint density at radius 1 is 1.20 bits per heavy atom.